The highest BCUT2D eigenvalue weighted by atomic mass is 19.4. The van der Waals surface area contributed by atoms with Gasteiger partial charge in [-0.3, -0.25) is 4.79 Å². The van der Waals surface area contributed by atoms with Crippen LogP contribution in [0.3, 0.4) is 0 Å². The minimum Gasteiger partial charge on any atom is -0.497 e. The number of ether oxygens (including phenoxy) is 1. The molecule has 25 heavy (non-hydrogen) atoms. The van der Waals surface area contributed by atoms with Crippen LogP contribution in [0.2, 0.25) is 0 Å². The van der Waals surface area contributed by atoms with Gasteiger partial charge in [-0.1, -0.05) is 26.0 Å². The van der Waals surface area contributed by atoms with Gasteiger partial charge >= 0.3 is 6.18 Å². The summed E-state index contributed by atoms with van der Waals surface area (Å²) in [6.45, 7) is 4.29. The van der Waals surface area contributed by atoms with Gasteiger partial charge in [0.05, 0.1) is 12.7 Å². The van der Waals surface area contributed by atoms with Gasteiger partial charge in [-0.2, -0.15) is 13.2 Å². The molecule has 0 unspecified atom stereocenters. The van der Waals surface area contributed by atoms with E-state index in [4.69, 9.17) is 4.74 Å². The Labute approximate surface area is 144 Å². The molecule has 2 rings (SSSR count). The van der Waals surface area contributed by atoms with Gasteiger partial charge < -0.3 is 10.1 Å². The molecule has 0 aliphatic carbocycles. The van der Waals surface area contributed by atoms with Crippen LogP contribution in [0.5, 0.6) is 5.75 Å². The largest absolute Gasteiger partial charge is 0.497 e. The highest BCUT2D eigenvalue weighted by Gasteiger charge is 2.30. The second-order valence-electron chi connectivity index (χ2n) is 6.37. The SMILES string of the molecule is COc1ccc(C(C)(C)CNC(=O)c2ccc(C(F)(F)F)cc2)cc1. The minimum absolute atomic E-state index is 0.193. The number of halogens is 3. The van der Waals surface area contributed by atoms with E-state index in [1.165, 1.54) is 12.1 Å². The Morgan fingerprint density at radius 1 is 0.960 bits per heavy atom. The van der Waals surface area contributed by atoms with Crippen LogP contribution in [0.4, 0.5) is 13.2 Å². The van der Waals surface area contributed by atoms with Crippen LogP contribution in [0.15, 0.2) is 48.5 Å². The Hall–Kier alpha value is -2.50. The molecule has 0 aliphatic heterocycles. The maximum absolute atomic E-state index is 12.6. The predicted octanol–water partition coefficient (Wildman–Crippen LogP) is 4.42. The van der Waals surface area contributed by atoms with Crippen LogP contribution < -0.4 is 10.1 Å². The summed E-state index contributed by atoms with van der Waals surface area (Å²) < 4.78 is 42.8. The average Bonchev–Trinajstić information content (AvgIpc) is 2.59. The molecule has 0 saturated carbocycles. The first-order valence-corrected chi connectivity index (χ1v) is 7.73. The Morgan fingerprint density at radius 3 is 1.96 bits per heavy atom. The van der Waals surface area contributed by atoms with Gasteiger partial charge in [-0.15, -0.1) is 0 Å². The lowest BCUT2D eigenvalue weighted by Gasteiger charge is -2.26. The van der Waals surface area contributed by atoms with Gasteiger partial charge in [0, 0.05) is 17.5 Å². The van der Waals surface area contributed by atoms with Gasteiger partial charge in [0.2, 0.25) is 0 Å². The van der Waals surface area contributed by atoms with Crippen molar-refractivity contribution < 1.29 is 22.7 Å². The monoisotopic (exact) mass is 351 g/mol. The lowest BCUT2D eigenvalue weighted by molar-refractivity contribution is -0.137. The first-order chi connectivity index (χ1) is 11.6. The second kappa shape index (κ2) is 7.17. The Balaban J connectivity index is 2.02. The number of methoxy groups -OCH3 is 1. The molecule has 6 heteroatoms. The highest BCUT2D eigenvalue weighted by molar-refractivity contribution is 5.94. The van der Waals surface area contributed by atoms with Gasteiger partial charge in [0.1, 0.15) is 5.75 Å². The summed E-state index contributed by atoms with van der Waals surface area (Å²) in [5.41, 5.74) is 0.0931. The maximum atomic E-state index is 12.6. The number of alkyl halides is 3. The fourth-order valence-electron chi connectivity index (χ4n) is 2.36. The van der Waals surface area contributed by atoms with Gasteiger partial charge in [0.25, 0.3) is 5.91 Å². The highest BCUT2D eigenvalue weighted by Crippen LogP contribution is 2.29. The number of rotatable bonds is 5. The summed E-state index contributed by atoms with van der Waals surface area (Å²) >= 11 is 0. The molecule has 0 spiro atoms. The molecule has 1 amide bonds. The van der Waals surface area contributed by atoms with Crippen molar-refractivity contribution in [1.82, 2.24) is 5.32 Å². The molecular formula is C19H20F3NO2. The van der Waals surface area contributed by atoms with Crippen molar-refractivity contribution in [2.45, 2.75) is 25.4 Å². The van der Waals surface area contributed by atoms with Crippen LogP contribution in [-0.4, -0.2) is 19.6 Å². The zero-order chi connectivity index (χ0) is 18.7. The molecule has 2 aromatic carbocycles. The molecule has 0 radical (unpaired) electrons. The predicted molar refractivity (Wildman–Crippen MR) is 89.8 cm³/mol. The molecule has 0 fully saturated rings. The Kier molecular flexibility index (Phi) is 5.40. The minimum atomic E-state index is -4.41. The van der Waals surface area contributed by atoms with Gasteiger partial charge in [-0.25, -0.2) is 0 Å². The van der Waals surface area contributed by atoms with E-state index in [1.54, 1.807) is 7.11 Å². The number of carbonyl (C=O) groups excluding carboxylic acids is 1. The molecule has 0 bridgehead atoms. The molecule has 0 atom stereocenters. The molecule has 1 N–H and O–H groups in total. The van der Waals surface area contributed by atoms with E-state index in [0.717, 1.165) is 23.4 Å². The first-order valence-electron chi connectivity index (χ1n) is 7.73. The van der Waals surface area contributed by atoms with E-state index >= 15 is 0 Å². The van der Waals surface area contributed by atoms with Gasteiger partial charge in [0.15, 0.2) is 0 Å². The van der Waals surface area contributed by atoms with Crippen LogP contribution in [0, 0.1) is 0 Å². The summed E-state index contributed by atoms with van der Waals surface area (Å²) in [7, 11) is 1.59. The fourth-order valence-corrected chi connectivity index (χ4v) is 2.36. The molecule has 0 aliphatic rings. The van der Waals surface area contributed by atoms with Crippen molar-refractivity contribution in [3.63, 3.8) is 0 Å². The van der Waals surface area contributed by atoms with Crippen molar-refractivity contribution >= 4 is 5.91 Å². The molecule has 0 heterocycles. The molecule has 134 valence electrons. The average molecular weight is 351 g/mol. The van der Waals surface area contributed by atoms with Crippen molar-refractivity contribution in [2.75, 3.05) is 13.7 Å². The number of amides is 1. The third-order valence-electron chi connectivity index (χ3n) is 4.04. The van der Waals surface area contributed by atoms with Gasteiger partial charge in [-0.05, 0) is 42.0 Å². The van der Waals surface area contributed by atoms with Crippen LogP contribution in [0.1, 0.15) is 35.3 Å². The van der Waals surface area contributed by atoms with Crippen molar-refractivity contribution in [3.05, 3.63) is 65.2 Å². The number of benzene rings is 2. The lowest BCUT2D eigenvalue weighted by Crippen LogP contribution is -2.36. The van der Waals surface area contributed by atoms with E-state index < -0.39 is 17.6 Å². The molecule has 0 aromatic heterocycles. The van der Waals surface area contributed by atoms with Crippen LogP contribution >= 0.6 is 0 Å². The third kappa shape index (κ3) is 4.75. The summed E-state index contributed by atoms with van der Waals surface area (Å²) in [5.74, 6) is 0.337. The Bertz CT molecular complexity index is 720. The Morgan fingerprint density at radius 2 is 1.48 bits per heavy atom. The number of hydrogen-bond acceptors (Lipinski definition) is 2. The second-order valence-corrected chi connectivity index (χ2v) is 6.37. The standard InChI is InChI=1S/C19H20F3NO2/c1-18(2,14-8-10-16(25-3)11-9-14)12-23-17(24)13-4-6-15(7-5-13)19(20,21)22/h4-11H,12H2,1-3H3,(H,23,24). The van der Waals surface area contributed by atoms with E-state index in [1.807, 2.05) is 38.1 Å². The molecule has 0 saturated heterocycles. The fraction of sp³-hybridized carbons (Fsp3) is 0.316. The smallest absolute Gasteiger partial charge is 0.416 e. The number of carbonyl (C=O) groups is 1. The topological polar surface area (TPSA) is 38.3 Å². The van der Waals surface area contributed by atoms with E-state index in [2.05, 4.69) is 5.32 Å². The van der Waals surface area contributed by atoms with Crippen molar-refractivity contribution in [3.8, 4) is 5.75 Å². The summed E-state index contributed by atoms with van der Waals surface area (Å²) in [4.78, 5) is 12.2. The summed E-state index contributed by atoms with van der Waals surface area (Å²) in [6.07, 6.45) is -4.41. The normalized spacial score (nSPS) is 11.9. The van der Waals surface area contributed by atoms with Crippen LogP contribution in [-0.2, 0) is 11.6 Å². The van der Waals surface area contributed by atoms with Crippen molar-refractivity contribution in [2.24, 2.45) is 0 Å². The molecule has 2 aromatic rings. The first kappa shape index (κ1) is 18.8. The summed E-state index contributed by atoms with van der Waals surface area (Å²) in [6, 6.07) is 11.7. The quantitative estimate of drug-likeness (QED) is 0.866. The zero-order valence-corrected chi connectivity index (χ0v) is 14.3. The van der Waals surface area contributed by atoms with E-state index in [9.17, 15) is 18.0 Å². The van der Waals surface area contributed by atoms with Crippen molar-refractivity contribution in [1.29, 1.82) is 0 Å². The van der Waals surface area contributed by atoms with E-state index in [0.29, 0.717) is 6.54 Å². The third-order valence-corrected chi connectivity index (χ3v) is 4.04. The molecule has 3 nitrogen and oxygen atoms in total. The zero-order valence-electron chi connectivity index (χ0n) is 14.3. The summed E-state index contributed by atoms with van der Waals surface area (Å²) in [5, 5.41) is 2.77. The molecular weight excluding hydrogens is 331 g/mol. The maximum Gasteiger partial charge on any atom is 0.416 e. The number of hydrogen-bond donors (Lipinski definition) is 1. The van der Waals surface area contributed by atoms with Crippen LogP contribution in [0.25, 0.3) is 0 Å². The number of nitrogens with one attached hydrogen (secondary N) is 1. The lowest BCUT2D eigenvalue weighted by atomic mass is 9.84. The van der Waals surface area contributed by atoms with E-state index in [-0.39, 0.29) is 11.0 Å².